The minimum Gasteiger partial charge on any atom is -0.497 e. The van der Waals surface area contributed by atoms with E-state index in [2.05, 4.69) is 15.5 Å². The van der Waals surface area contributed by atoms with E-state index >= 15 is 0 Å². The lowest BCUT2D eigenvalue weighted by Crippen LogP contribution is -2.23. The van der Waals surface area contributed by atoms with Crippen LogP contribution >= 0.6 is 23.5 Å². The molecule has 0 aliphatic heterocycles. The van der Waals surface area contributed by atoms with Gasteiger partial charge in [-0.1, -0.05) is 53.9 Å². The van der Waals surface area contributed by atoms with Gasteiger partial charge in [-0.3, -0.25) is 4.79 Å². The maximum absolute atomic E-state index is 12.4. The fourth-order valence-electron chi connectivity index (χ4n) is 2.29. The summed E-state index contributed by atoms with van der Waals surface area (Å²) in [5.41, 5.74) is 1.88. The molecular formula is C19H21N5O2S2. The lowest BCUT2D eigenvalue weighted by Gasteiger charge is -2.12. The van der Waals surface area contributed by atoms with E-state index in [1.165, 1.54) is 33.8 Å². The fourth-order valence-corrected chi connectivity index (χ4v) is 3.93. The van der Waals surface area contributed by atoms with Crippen molar-refractivity contribution in [3.63, 3.8) is 0 Å². The summed E-state index contributed by atoms with van der Waals surface area (Å²) >= 11 is 2.76. The van der Waals surface area contributed by atoms with Crippen LogP contribution in [0.15, 0.2) is 64.9 Å². The maximum Gasteiger partial charge on any atom is 0.237 e. The minimum absolute atomic E-state index is 0.142. The van der Waals surface area contributed by atoms with Gasteiger partial charge in [0.1, 0.15) is 5.75 Å². The first-order chi connectivity index (χ1) is 13.6. The summed E-state index contributed by atoms with van der Waals surface area (Å²) in [7, 11) is 1.60. The van der Waals surface area contributed by atoms with Crippen molar-refractivity contribution < 1.29 is 9.53 Å². The average Bonchev–Trinajstić information content (AvgIpc) is 3.07. The van der Waals surface area contributed by atoms with E-state index in [0.717, 1.165) is 11.5 Å². The number of ether oxygens (including phenoxy) is 1. The number of nitrogens with one attached hydrogen (secondary N) is 1. The number of carbonyl (C=O) groups excluding carboxylic acids is 1. The van der Waals surface area contributed by atoms with Crippen LogP contribution in [0.25, 0.3) is 0 Å². The summed E-state index contributed by atoms with van der Waals surface area (Å²) in [4.78, 5) is 12.4. The topological polar surface area (TPSA) is 95.1 Å². The molecular weight excluding hydrogens is 394 g/mol. The zero-order valence-corrected chi connectivity index (χ0v) is 17.2. The SMILES string of the molecule is COc1ccc(NC(=O)[C@H](C)Sc2nnc(SCc3ccccc3)n2N)cc1. The van der Waals surface area contributed by atoms with Gasteiger partial charge < -0.3 is 15.9 Å². The largest absolute Gasteiger partial charge is 0.497 e. The van der Waals surface area contributed by atoms with Gasteiger partial charge in [0.05, 0.1) is 12.4 Å². The second-order valence-electron chi connectivity index (χ2n) is 5.89. The quantitative estimate of drug-likeness (QED) is 0.430. The molecule has 7 nitrogen and oxygen atoms in total. The maximum atomic E-state index is 12.4. The number of amides is 1. The van der Waals surface area contributed by atoms with Crippen molar-refractivity contribution in [2.75, 3.05) is 18.3 Å². The van der Waals surface area contributed by atoms with Gasteiger partial charge in [0.15, 0.2) is 0 Å². The second kappa shape index (κ2) is 9.52. The minimum atomic E-state index is -0.388. The zero-order valence-electron chi connectivity index (χ0n) is 15.5. The molecule has 1 amide bonds. The third-order valence-corrected chi connectivity index (χ3v) is 5.92. The predicted octanol–water partition coefficient (Wildman–Crippen LogP) is 3.41. The van der Waals surface area contributed by atoms with Crippen LogP contribution in [0.3, 0.4) is 0 Å². The number of aromatic nitrogens is 3. The van der Waals surface area contributed by atoms with Crippen molar-refractivity contribution in [2.45, 2.75) is 28.2 Å². The molecule has 1 aromatic heterocycles. The van der Waals surface area contributed by atoms with Gasteiger partial charge in [0, 0.05) is 11.4 Å². The van der Waals surface area contributed by atoms with E-state index in [1.54, 1.807) is 38.3 Å². The van der Waals surface area contributed by atoms with Crippen LogP contribution in [0.4, 0.5) is 5.69 Å². The van der Waals surface area contributed by atoms with Crippen molar-refractivity contribution in [1.82, 2.24) is 14.9 Å². The zero-order chi connectivity index (χ0) is 19.9. The van der Waals surface area contributed by atoms with Gasteiger partial charge in [0.2, 0.25) is 16.2 Å². The number of methoxy groups -OCH3 is 1. The van der Waals surface area contributed by atoms with Gasteiger partial charge in [-0.2, -0.15) is 0 Å². The van der Waals surface area contributed by atoms with Gasteiger partial charge in [-0.25, -0.2) is 4.68 Å². The molecule has 0 aliphatic carbocycles. The Morgan fingerprint density at radius 2 is 1.82 bits per heavy atom. The number of rotatable bonds is 8. The van der Waals surface area contributed by atoms with E-state index in [1.807, 2.05) is 30.3 Å². The van der Waals surface area contributed by atoms with Crippen LogP contribution in [0, 0.1) is 0 Å². The standard InChI is InChI=1S/C19H21N5O2S2/c1-13(17(25)21-15-8-10-16(26-2)11-9-15)28-19-23-22-18(24(19)20)27-12-14-6-4-3-5-7-14/h3-11,13H,12,20H2,1-2H3,(H,21,25)/t13-/m0/s1. The number of hydrogen-bond acceptors (Lipinski definition) is 7. The first-order valence-corrected chi connectivity index (χ1v) is 10.4. The highest BCUT2D eigenvalue weighted by molar-refractivity contribution is 8.00. The summed E-state index contributed by atoms with van der Waals surface area (Å²) in [6.07, 6.45) is 0. The highest BCUT2D eigenvalue weighted by Crippen LogP contribution is 2.27. The number of nitrogens with two attached hydrogens (primary N) is 1. The lowest BCUT2D eigenvalue weighted by molar-refractivity contribution is -0.115. The Morgan fingerprint density at radius 3 is 2.50 bits per heavy atom. The fraction of sp³-hybridized carbons (Fsp3) is 0.211. The van der Waals surface area contributed by atoms with Crippen molar-refractivity contribution in [1.29, 1.82) is 0 Å². The molecule has 146 valence electrons. The predicted molar refractivity (Wildman–Crippen MR) is 113 cm³/mol. The highest BCUT2D eigenvalue weighted by atomic mass is 32.2. The summed E-state index contributed by atoms with van der Waals surface area (Å²) in [6.45, 7) is 1.80. The number of anilines is 1. The molecule has 0 unspecified atom stereocenters. The summed E-state index contributed by atoms with van der Waals surface area (Å²) in [6, 6.07) is 17.2. The molecule has 3 aromatic rings. The van der Waals surface area contributed by atoms with Crippen LogP contribution < -0.4 is 15.9 Å². The number of benzene rings is 2. The Labute approximate surface area is 172 Å². The van der Waals surface area contributed by atoms with E-state index in [4.69, 9.17) is 10.6 Å². The van der Waals surface area contributed by atoms with Gasteiger partial charge >= 0.3 is 0 Å². The highest BCUT2D eigenvalue weighted by Gasteiger charge is 2.19. The third-order valence-electron chi connectivity index (χ3n) is 3.85. The van der Waals surface area contributed by atoms with E-state index in [-0.39, 0.29) is 11.2 Å². The Morgan fingerprint density at radius 1 is 1.14 bits per heavy atom. The molecule has 28 heavy (non-hydrogen) atoms. The number of carbonyl (C=O) groups is 1. The van der Waals surface area contributed by atoms with E-state index < -0.39 is 0 Å². The molecule has 0 fully saturated rings. The molecule has 0 spiro atoms. The Hall–Kier alpha value is -2.65. The Balaban J connectivity index is 1.56. The molecule has 0 bridgehead atoms. The summed E-state index contributed by atoms with van der Waals surface area (Å²) in [5.74, 6) is 7.44. The smallest absolute Gasteiger partial charge is 0.237 e. The molecule has 0 aliphatic rings. The van der Waals surface area contributed by atoms with Crippen molar-refractivity contribution in [2.24, 2.45) is 0 Å². The lowest BCUT2D eigenvalue weighted by atomic mass is 10.2. The Kier molecular flexibility index (Phi) is 6.83. The number of thioether (sulfide) groups is 2. The first-order valence-electron chi connectivity index (χ1n) is 8.55. The average molecular weight is 416 g/mol. The van der Waals surface area contributed by atoms with Gasteiger partial charge in [-0.15, -0.1) is 10.2 Å². The van der Waals surface area contributed by atoms with Gasteiger partial charge in [0.25, 0.3) is 0 Å². The molecule has 2 aromatic carbocycles. The van der Waals surface area contributed by atoms with E-state index in [0.29, 0.717) is 16.0 Å². The molecule has 0 saturated heterocycles. The van der Waals surface area contributed by atoms with Crippen LogP contribution in [-0.4, -0.2) is 33.1 Å². The molecule has 0 radical (unpaired) electrons. The summed E-state index contributed by atoms with van der Waals surface area (Å²) < 4.78 is 6.54. The Bertz CT molecular complexity index is 916. The second-order valence-corrected chi connectivity index (χ2v) is 8.14. The first kappa shape index (κ1) is 20.1. The summed E-state index contributed by atoms with van der Waals surface area (Å²) in [5, 5.41) is 11.8. The van der Waals surface area contributed by atoms with Crippen LogP contribution in [0.5, 0.6) is 5.75 Å². The number of hydrogen-bond donors (Lipinski definition) is 2. The third kappa shape index (κ3) is 5.20. The van der Waals surface area contributed by atoms with Crippen molar-refractivity contribution in [3.8, 4) is 5.75 Å². The monoisotopic (exact) mass is 415 g/mol. The molecule has 3 N–H and O–H groups in total. The van der Waals surface area contributed by atoms with Crippen LogP contribution in [0.1, 0.15) is 12.5 Å². The van der Waals surface area contributed by atoms with Crippen LogP contribution in [0.2, 0.25) is 0 Å². The number of nitrogen functional groups attached to an aromatic ring is 1. The normalized spacial score (nSPS) is 11.8. The van der Waals surface area contributed by atoms with Crippen LogP contribution in [-0.2, 0) is 10.5 Å². The molecule has 0 saturated carbocycles. The molecule has 1 heterocycles. The molecule has 9 heteroatoms. The van der Waals surface area contributed by atoms with E-state index in [9.17, 15) is 4.79 Å². The number of nitrogens with zero attached hydrogens (tertiary/aromatic N) is 3. The van der Waals surface area contributed by atoms with Crippen molar-refractivity contribution >= 4 is 35.1 Å². The molecule has 3 rings (SSSR count). The molecule has 1 atom stereocenters. The van der Waals surface area contributed by atoms with Crippen molar-refractivity contribution in [3.05, 3.63) is 60.2 Å². The van der Waals surface area contributed by atoms with Gasteiger partial charge in [-0.05, 0) is 36.8 Å².